The van der Waals surface area contributed by atoms with E-state index < -0.39 is 10.0 Å². The number of guanidine groups is 1. The lowest BCUT2D eigenvalue weighted by molar-refractivity contribution is 0.204. The monoisotopic (exact) mass is 524 g/mol. The zero-order valence-electron chi connectivity index (χ0n) is 15.1. The molecule has 10 heteroatoms. The van der Waals surface area contributed by atoms with Gasteiger partial charge in [0.15, 0.2) is 5.96 Å². The molecule has 0 spiro atoms. The molecule has 1 heterocycles. The number of hydrogen-bond acceptors (Lipinski definition) is 5. The molecule has 0 radical (unpaired) electrons. The van der Waals surface area contributed by atoms with Crippen molar-refractivity contribution in [1.82, 2.24) is 10.0 Å². The van der Waals surface area contributed by atoms with Crippen LogP contribution in [-0.4, -0.2) is 41.2 Å². The van der Waals surface area contributed by atoms with Crippen LogP contribution in [-0.2, 0) is 27.7 Å². The van der Waals surface area contributed by atoms with Gasteiger partial charge in [-0.05, 0) is 35.6 Å². The Morgan fingerprint density at radius 2 is 2.07 bits per heavy atom. The van der Waals surface area contributed by atoms with Crippen LogP contribution in [0, 0.1) is 0 Å². The summed E-state index contributed by atoms with van der Waals surface area (Å²) in [6.07, 6.45) is 0.884. The molecule has 1 aromatic heterocycles. The summed E-state index contributed by atoms with van der Waals surface area (Å²) in [5.74, 6) is 0.341. The molecule has 2 rings (SSSR count). The molecule has 7 nitrogen and oxygen atoms in total. The minimum Gasteiger partial charge on any atom is -0.383 e. The van der Waals surface area contributed by atoms with Crippen LogP contribution in [0.5, 0.6) is 0 Å². The first-order valence-electron chi connectivity index (χ1n) is 8.15. The Labute approximate surface area is 181 Å². The largest absolute Gasteiger partial charge is 0.383 e. The third kappa shape index (κ3) is 8.56. The smallest absolute Gasteiger partial charge is 0.240 e. The van der Waals surface area contributed by atoms with Crippen LogP contribution in [0.3, 0.4) is 0 Å². The number of hydrogen-bond donors (Lipinski definition) is 3. The molecule has 0 saturated carbocycles. The van der Waals surface area contributed by atoms with E-state index in [9.17, 15) is 8.42 Å². The van der Waals surface area contributed by atoms with Crippen LogP contribution in [0.15, 0.2) is 51.7 Å². The van der Waals surface area contributed by atoms with Crippen LogP contribution < -0.4 is 15.8 Å². The maximum Gasteiger partial charge on any atom is 0.240 e. The van der Waals surface area contributed by atoms with Crippen molar-refractivity contribution in [3.8, 4) is 0 Å². The van der Waals surface area contributed by atoms with Crippen molar-refractivity contribution >= 4 is 51.3 Å². The molecule has 0 aliphatic rings. The molecule has 0 amide bonds. The maximum atomic E-state index is 12.2. The Hall–Kier alpha value is -1.21. The molecule has 0 saturated heterocycles. The molecule has 0 unspecified atom stereocenters. The highest BCUT2D eigenvalue weighted by molar-refractivity contribution is 14.0. The average Bonchev–Trinajstić information content (AvgIpc) is 3.14. The van der Waals surface area contributed by atoms with Crippen molar-refractivity contribution in [2.24, 2.45) is 10.7 Å². The summed E-state index contributed by atoms with van der Waals surface area (Å²) >= 11 is 1.70. The lowest BCUT2D eigenvalue weighted by Gasteiger charge is -2.08. The Morgan fingerprint density at radius 1 is 1.26 bits per heavy atom. The number of nitrogens with two attached hydrogens (primary N) is 1. The summed E-state index contributed by atoms with van der Waals surface area (Å²) in [6, 6.07) is 10.7. The van der Waals surface area contributed by atoms with E-state index in [0.717, 1.165) is 12.0 Å². The maximum absolute atomic E-state index is 12.2. The second-order valence-corrected chi connectivity index (χ2v) is 8.29. The standard InChI is InChI=1S/C17H24N4O3S2.HI/c1-24-10-9-21-26(22,23)16-6-2-4-14(12-16)13-20-17(18)19-8-7-15-5-3-11-25-15;/h2-6,11-12,21H,7-10,13H2,1H3,(H3,18,19,20);1H. The quantitative estimate of drug-likeness (QED) is 0.191. The summed E-state index contributed by atoms with van der Waals surface area (Å²) < 4.78 is 31.8. The van der Waals surface area contributed by atoms with E-state index in [1.807, 2.05) is 17.5 Å². The first kappa shape index (κ1) is 23.8. The lowest BCUT2D eigenvalue weighted by atomic mass is 10.2. The van der Waals surface area contributed by atoms with Gasteiger partial charge < -0.3 is 15.8 Å². The van der Waals surface area contributed by atoms with E-state index in [0.29, 0.717) is 25.7 Å². The number of benzene rings is 1. The van der Waals surface area contributed by atoms with Gasteiger partial charge in [-0.25, -0.2) is 18.1 Å². The highest BCUT2D eigenvalue weighted by Crippen LogP contribution is 2.12. The summed E-state index contributed by atoms with van der Waals surface area (Å²) in [6.45, 7) is 1.55. The van der Waals surface area contributed by atoms with Gasteiger partial charge in [-0.3, -0.25) is 0 Å². The SMILES string of the molecule is COCCNS(=O)(=O)c1cccc(CN=C(N)NCCc2cccs2)c1.I. The van der Waals surface area contributed by atoms with E-state index in [4.69, 9.17) is 10.5 Å². The number of nitrogens with zero attached hydrogens (tertiary/aromatic N) is 1. The molecule has 0 fully saturated rings. The topological polar surface area (TPSA) is 106 Å². The molecular formula is C17H25IN4O3S2. The highest BCUT2D eigenvalue weighted by Gasteiger charge is 2.13. The van der Waals surface area contributed by atoms with Gasteiger partial charge in [0.2, 0.25) is 10.0 Å². The predicted molar refractivity (Wildman–Crippen MR) is 120 cm³/mol. The number of nitrogens with one attached hydrogen (secondary N) is 2. The second kappa shape index (κ2) is 12.3. The van der Waals surface area contributed by atoms with E-state index in [1.165, 1.54) is 12.0 Å². The Kier molecular flexibility index (Phi) is 10.8. The van der Waals surface area contributed by atoms with Gasteiger partial charge in [0.25, 0.3) is 0 Å². The van der Waals surface area contributed by atoms with Crippen molar-refractivity contribution in [1.29, 1.82) is 0 Å². The number of aliphatic imine (C=N–C) groups is 1. The Morgan fingerprint density at radius 3 is 2.78 bits per heavy atom. The van der Waals surface area contributed by atoms with E-state index in [-0.39, 0.29) is 35.4 Å². The van der Waals surface area contributed by atoms with Gasteiger partial charge >= 0.3 is 0 Å². The number of methoxy groups -OCH3 is 1. The number of halogens is 1. The van der Waals surface area contributed by atoms with E-state index >= 15 is 0 Å². The molecule has 2 aromatic rings. The summed E-state index contributed by atoms with van der Waals surface area (Å²) in [5, 5.41) is 5.10. The average molecular weight is 524 g/mol. The van der Waals surface area contributed by atoms with Crippen LogP contribution in [0.4, 0.5) is 0 Å². The fourth-order valence-electron chi connectivity index (χ4n) is 2.17. The van der Waals surface area contributed by atoms with Gasteiger partial charge in [0.05, 0.1) is 18.0 Å². The van der Waals surface area contributed by atoms with Crippen LogP contribution in [0.2, 0.25) is 0 Å². The molecule has 1 aromatic carbocycles. The van der Waals surface area contributed by atoms with E-state index in [2.05, 4.69) is 21.1 Å². The summed E-state index contributed by atoms with van der Waals surface area (Å²) in [4.78, 5) is 5.74. The molecule has 0 aliphatic carbocycles. The van der Waals surface area contributed by atoms with Gasteiger partial charge in [0, 0.05) is 25.1 Å². The van der Waals surface area contributed by atoms with Crippen molar-refractivity contribution in [2.45, 2.75) is 17.9 Å². The van der Waals surface area contributed by atoms with Gasteiger partial charge in [-0.15, -0.1) is 35.3 Å². The molecule has 0 bridgehead atoms. The van der Waals surface area contributed by atoms with Gasteiger partial charge in [-0.1, -0.05) is 18.2 Å². The second-order valence-electron chi connectivity index (χ2n) is 5.50. The predicted octanol–water partition coefficient (Wildman–Crippen LogP) is 1.94. The lowest BCUT2D eigenvalue weighted by Crippen LogP contribution is -2.33. The Balaban J connectivity index is 0.00000364. The fourth-order valence-corrected chi connectivity index (χ4v) is 3.97. The summed E-state index contributed by atoms with van der Waals surface area (Å²) in [5.41, 5.74) is 6.63. The minimum atomic E-state index is -3.56. The van der Waals surface area contributed by atoms with Crippen molar-refractivity contribution in [2.75, 3.05) is 26.8 Å². The zero-order valence-corrected chi connectivity index (χ0v) is 19.0. The van der Waals surface area contributed by atoms with Gasteiger partial charge in [-0.2, -0.15) is 0 Å². The zero-order chi connectivity index (χ0) is 18.8. The van der Waals surface area contributed by atoms with Gasteiger partial charge in [0.1, 0.15) is 0 Å². The third-order valence-electron chi connectivity index (χ3n) is 3.50. The molecular weight excluding hydrogens is 499 g/mol. The van der Waals surface area contributed by atoms with Crippen molar-refractivity contribution < 1.29 is 13.2 Å². The third-order valence-corrected chi connectivity index (χ3v) is 5.89. The van der Waals surface area contributed by atoms with E-state index in [1.54, 1.807) is 29.5 Å². The number of thiophene rings is 1. The number of rotatable bonds is 10. The number of ether oxygens (including phenoxy) is 1. The first-order chi connectivity index (χ1) is 12.5. The first-order valence-corrected chi connectivity index (χ1v) is 10.5. The molecule has 150 valence electrons. The van der Waals surface area contributed by atoms with Crippen LogP contribution in [0.1, 0.15) is 10.4 Å². The van der Waals surface area contributed by atoms with Crippen LogP contribution >= 0.6 is 35.3 Å². The minimum absolute atomic E-state index is 0. The van der Waals surface area contributed by atoms with Crippen molar-refractivity contribution in [3.63, 3.8) is 0 Å². The van der Waals surface area contributed by atoms with Crippen LogP contribution in [0.25, 0.3) is 0 Å². The molecule has 0 aliphatic heterocycles. The summed E-state index contributed by atoms with van der Waals surface area (Å²) in [7, 11) is -2.04. The molecule has 0 atom stereocenters. The Bertz CT molecular complexity index is 811. The normalized spacial score (nSPS) is 11.8. The number of sulfonamides is 1. The highest BCUT2D eigenvalue weighted by atomic mass is 127. The molecule has 4 N–H and O–H groups in total. The fraction of sp³-hybridized carbons (Fsp3) is 0.353. The van der Waals surface area contributed by atoms with Crippen molar-refractivity contribution in [3.05, 3.63) is 52.2 Å². The molecule has 27 heavy (non-hydrogen) atoms.